The Balaban J connectivity index is 2.32. The Hall–Kier alpha value is -1.35. The van der Waals surface area contributed by atoms with E-state index in [9.17, 15) is 4.79 Å². The summed E-state index contributed by atoms with van der Waals surface area (Å²) in [5.74, 6) is 0.0255. The molecule has 1 aliphatic heterocycles. The van der Waals surface area contributed by atoms with E-state index in [1.54, 1.807) is 0 Å². The van der Waals surface area contributed by atoms with Gasteiger partial charge in [0.05, 0.1) is 6.54 Å². The van der Waals surface area contributed by atoms with E-state index in [1.807, 2.05) is 24.3 Å². The van der Waals surface area contributed by atoms with Crippen LogP contribution in [-0.2, 0) is 0 Å². The van der Waals surface area contributed by atoms with Crippen molar-refractivity contribution in [3.05, 3.63) is 29.8 Å². The minimum atomic E-state index is 0.0255. The highest BCUT2D eigenvalue weighted by atomic mass is 16.1. The van der Waals surface area contributed by atoms with Gasteiger partial charge in [0.25, 0.3) is 0 Å². The Morgan fingerprint density at radius 2 is 1.93 bits per heavy atom. The van der Waals surface area contributed by atoms with Crippen LogP contribution in [0.4, 0.5) is 5.69 Å². The molecule has 1 fully saturated rings. The standard InChI is InChI=1S/C12H16N2O/c13-9-12(15)10-5-1-2-6-11(10)14-7-3-4-8-14/h1-2,5-6H,3-4,7-9,13H2. The number of benzene rings is 1. The molecule has 1 saturated heterocycles. The summed E-state index contributed by atoms with van der Waals surface area (Å²) in [6.45, 7) is 2.19. The summed E-state index contributed by atoms with van der Waals surface area (Å²) in [6.07, 6.45) is 2.43. The van der Waals surface area contributed by atoms with E-state index < -0.39 is 0 Å². The summed E-state index contributed by atoms with van der Waals surface area (Å²) in [6, 6.07) is 7.74. The van der Waals surface area contributed by atoms with Gasteiger partial charge in [0.2, 0.25) is 0 Å². The summed E-state index contributed by atoms with van der Waals surface area (Å²) < 4.78 is 0. The maximum Gasteiger partial charge on any atom is 0.178 e. The number of Topliss-reactive ketones (excluding diaryl/α,β-unsaturated/α-hetero) is 1. The van der Waals surface area contributed by atoms with Gasteiger partial charge in [-0.3, -0.25) is 4.79 Å². The molecule has 0 spiro atoms. The number of para-hydroxylation sites is 1. The molecule has 0 atom stereocenters. The molecule has 2 rings (SSSR count). The molecule has 1 aromatic rings. The molecule has 3 nitrogen and oxygen atoms in total. The van der Waals surface area contributed by atoms with Crippen LogP contribution in [0.15, 0.2) is 24.3 Å². The first-order valence-electron chi connectivity index (χ1n) is 5.40. The molecule has 15 heavy (non-hydrogen) atoms. The molecule has 80 valence electrons. The van der Waals surface area contributed by atoms with Gasteiger partial charge in [0, 0.05) is 24.3 Å². The van der Waals surface area contributed by atoms with Crippen molar-refractivity contribution in [2.45, 2.75) is 12.8 Å². The molecule has 3 heteroatoms. The van der Waals surface area contributed by atoms with Gasteiger partial charge >= 0.3 is 0 Å². The van der Waals surface area contributed by atoms with Crippen molar-refractivity contribution in [1.82, 2.24) is 0 Å². The first kappa shape index (κ1) is 10.2. The second-order valence-electron chi connectivity index (χ2n) is 3.84. The summed E-state index contributed by atoms with van der Waals surface area (Å²) in [5.41, 5.74) is 7.22. The van der Waals surface area contributed by atoms with E-state index >= 15 is 0 Å². The van der Waals surface area contributed by atoms with Crippen molar-refractivity contribution in [3.63, 3.8) is 0 Å². The zero-order chi connectivity index (χ0) is 10.7. The Morgan fingerprint density at radius 3 is 2.60 bits per heavy atom. The summed E-state index contributed by atoms with van der Waals surface area (Å²) in [5, 5.41) is 0. The van der Waals surface area contributed by atoms with Crippen molar-refractivity contribution in [2.24, 2.45) is 5.73 Å². The van der Waals surface area contributed by atoms with Crippen LogP contribution in [0.1, 0.15) is 23.2 Å². The van der Waals surface area contributed by atoms with E-state index in [0.29, 0.717) is 0 Å². The highest BCUT2D eigenvalue weighted by Crippen LogP contribution is 2.24. The molecule has 0 aliphatic carbocycles. The Morgan fingerprint density at radius 1 is 1.27 bits per heavy atom. The van der Waals surface area contributed by atoms with Gasteiger partial charge in [-0.25, -0.2) is 0 Å². The van der Waals surface area contributed by atoms with E-state index in [0.717, 1.165) is 24.3 Å². The van der Waals surface area contributed by atoms with Crippen molar-refractivity contribution >= 4 is 11.5 Å². The second-order valence-corrected chi connectivity index (χ2v) is 3.84. The highest BCUT2D eigenvalue weighted by Gasteiger charge is 2.17. The summed E-state index contributed by atoms with van der Waals surface area (Å²) in [4.78, 5) is 13.9. The van der Waals surface area contributed by atoms with Gasteiger partial charge in [-0.15, -0.1) is 0 Å². The number of ketones is 1. The predicted octanol–water partition coefficient (Wildman–Crippen LogP) is 1.43. The Labute approximate surface area is 89.9 Å². The number of nitrogens with zero attached hydrogens (tertiary/aromatic N) is 1. The minimum absolute atomic E-state index is 0.0255. The van der Waals surface area contributed by atoms with Crippen LogP contribution in [0.5, 0.6) is 0 Å². The van der Waals surface area contributed by atoms with Gasteiger partial charge in [-0.2, -0.15) is 0 Å². The van der Waals surface area contributed by atoms with Crippen LogP contribution in [0.3, 0.4) is 0 Å². The zero-order valence-corrected chi connectivity index (χ0v) is 8.78. The van der Waals surface area contributed by atoms with Crippen LogP contribution < -0.4 is 10.6 Å². The third-order valence-electron chi connectivity index (χ3n) is 2.84. The Bertz CT molecular complexity index is 356. The molecule has 1 heterocycles. The van der Waals surface area contributed by atoms with Gasteiger partial charge in [0.1, 0.15) is 0 Å². The van der Waals surface area contributed by atoms with Crippen molar-refractivity contribution in [2.75, 3.05) is 24.5 Å². The second kappa shape index (κ2) is 4.45. The summed E-state index contributed by atoms with van der Waals surface area (Å²) in [7, 11) is 0. The molecule has 0 saturated carbocycles. The smallest absolute Gasteiger partial charge is 0.178 e. The number of hydrogen-bond donors (Lipinski definition) is 1. The van der Waals surface area contributed by atoms with Crippen molar-refractivity contribution in [3.8, 4) is 0 Å². The average Bonchev–Trinajstić information content (AvgIpc) is 2.81. The lowest BCUT2D eigenvalue weighted by Gasteiger charge is -2.20. The lowest BCUT2D eigenvalue weighted by molar-refractivity contribution is 0.100. The summed E-state index contributed by atoms with van der Waals surface area (Å²) >= 11 is 0. The molecule has 1 aromatic carbocycles. The largest absolute Gasteiger partial charge is 0.371 e. The average molecular weight is 204 g/mol. The van der Waals surface area contributed by atoms with E-state index in [1.165, 1.54) is 12.8 Å². The van der Waals surface area contributed by atoms with E-state index in [4.69, 9.17) is 5.73 Å². The lowest BCUT2D eigenvalue weighted by Crippen LogP contribution is -2.22. The fourth-order valence-electron chi connectivity index (χ4n) is 2.05. The monoisotopic (exact) mass is 204 g/mol. The molecule has 0 unspecified atom stereocenters. The first-order valence-corrected chi connectivity index (χ1v) is 5.40. The quantitative estimate of drug-likeness (QED) is 0.758. The number of hydrogen-bond acceptors (Lipinski definition) is 3. The molecular weight excluding hydrogens is 188 g/mol. The minimum Gasteiger partial charge on any atom is -0.371 e. The Kier molecular flexibility index (Phi) is 3.02. The van der Waals surface area contributed by atoms with Crippen LogP contribution in [0.25, 0.3) is 0 Å². The number of anilines is 1. The molecule has 0 aromatic heterocycles. The fourth-order valence-corrected chi connectivity index (χ4v) is 2.05. The van der Waals surface area contributed by atoms with Crippen LogP contribution in [0.2, 0.25) is 0 Å². The first-order chi connectivity index (χ1) is 7.33. The predicted molar refractivity (Wildman–Crippen MR) is 61.3 cm³/mol. The molecule has 0 amide bonds. The van der Waals surface area contributed by atoms with Gasteiger partial charge in [-0.05, 0) is 25.0 Å². The zero-order valence-electron chi connectivity index (χ0n) is 8.78. The topological polar surface area (TPSA) is 46.3 Å². The van der Waals surface area contributed by atoms with Crippen LogP contribution in [-0.4, -0.2) is 25.4 Å². The third kappa shape index (κ3) is 2.02. The highest BCUT2D eigenvalue weighted by molar-refractivity contribution is 6.02. The normalized spacial score (nSPS) is 15.7. The van der Waals surface area contributed by atoms with Gasteiger partial charge in [-0.1, -0.05) is 12.1 Å². The number of carbonyl (C=O) groups excluding carboxylic acids is 1. The fraction of sp³-hybridized carbons (Fsp3) is 0.417. The number of nitrogens with two attached hydrogens (primary N) is 1. The SMILES string of the molecule is NCC(=O)c1ccccc1N1CCCC1. The number of carbonyl (C=O) groups is 1. The van der Waals surface area contributed by atoms with E-state index in [2.05, 4.69) is 4.90 Å². The van der Waals surface area contributed by atoms with Gasteiger partial charge in [0.15, 0.2) is 5.78 Å². The third-order valence-corrected chi connectivity index (χ3v) is 2.84. The van der Waals surface area contributed by atoms with E-state index in [-0.39, 0.29) is 12.3 Å². The van der Waals surface area contributed by atoms with Gasteiger partial charge < -0.3 is 10.6 Å². The van der Waals surface area contributed by atoms with Crippen molar-refractivity contribution in [1.29, 1.82) is 0 Å². The van der Waals surface area contributed by atoms with Crippen LogP contribution >= 0.6 is 0 Å². The van der Waals surface area contributed by atoms with Crippen LogP contribution in [0, 0.1) is 0 Å². The molecule has 1 aliphatic rings. The molecule has 0 bridgehead atoms. The molecule has 0 radical (unpaired) electrons. The van der Waals surface area contributed by atoms with Crippen molar-refractivity contribution < 1.29 is 4.79 Å². The lowest BCUT2D eigenvalue weighted by atomic mass is 10.1. The molecular formula is C12H16N2O. The maximum atomic E-state index is 11.6. The number of rotatable bonds is 3. The molecule has 2 N–H and O–H groups in total. The maximum absolute atomic E-state index is 11.6.